The summed E-state index contributed by atoms with van der Waals surface area (Å²) in [4.78, 5) is 0. The number of aliphatic hydroxyl groups excluding tert-OH is 1. The summed E-state index contributed by atoms with van der Waals surface area (Å²) in [6, 6.07) is 10.1. The maximum absolute atomic E-state index is 10.7. The summed E-state index contributed by atoms with van der Waals surface area (Å²) in [5.41, 5.74) is 0.234. The van der Waals surface area contributed by atoms with Gasteiger partial charge in [0.15, 0.2) is 0 Å². The van der Waals surface area contributed by atoms with Crippen LogP contribution < -0.4 is 0 Å². The van der Waals surface area contributed by atoms with Crippen molar-refractivity contribution in [2.75, 3.05) is 0 Å². The van der Waals surface area contributed by atoms with E-state index in [1.165, 1.54) is 19.3 Å². The van der Waals surface area contributed by atoms with Crippen LogP contribution in [0.15, 0.2) is 28.7 Å². The molecule has 0 bridgehead atoms. The van der Waals surface area contributed by atoms with Gasteiger partial charge < -0.3 is 5.11 Å². The van der Waals surface area contributed by atoms with E-state index >= 15 is 0 Å². The Bertz CT molecular complexity index is 458. The Morgan fingerprint density at radius 2 is 1.79 bits per heavy atom. The molecule has 1 aromatic carbocycles. The van der Waals surface area contributed by atoms with Crippen LogP contribution in [-0.2, 0) is 0 Å². The minimum atomic E-state index is -0.687. The maximum Gasteiger partial charge on any atom is 0.0976 e. The topological polar surface area (TPSA) is 44.0 Å². The van der Waals surface area contributed by atoms with Gasteiger partial charge in [0.25, 0.3) is 0 Å². The molecule has 3 heteroatoms. The van der Waals surface area contributed by atoms with E-state index in [0.717, 1.165) is 35.7 Å². The molecule has 1 fully saturated rings. The first-order valence-electron chi connectivity index (χ1n) is 7.03. The molecular weight excluding hydrogens is 302 g/mol. The summed E-state index contributed by atoms with van der Waals surface area (Å²) in [7, 11) is 0. The van der Waals surface area contributed by atoms with E-state index in [0.29, 0.717) is 0 Å². The number of nitrogens with zero attached hydrogens (tertiary/aromatic N) is 1. The van der Waals surface area contributed by atoms with E-state index in [9.17, 15) is 10.4 Å². The van der Waals surface area contributed by atoms with Gasteiger partial charge in [0.05, 0.1) is 17.6 Å². The lowest BCUT2D eigenvalue weighted by molar-refractivity contribution is 0.0434. The maximum atomic E-state index is 10.7. The van der Waals surface area contributed by atoms with E-state index in [-0.39, 0.29) is 0 Å². The van der Waals surface area contributed by atoms with E-state index < -0.39 is 11.5 Å². The average Bonchev–Trinajstić information content (AvgIpc) is 2.39. The van der Waals surface area contributed by atoms with Crippen molar-refractivity contribution < 1.29 is 5.11 Å². The highest BCUT2D eigenvalue weighted by atomic mass is 79.9. The molecule has 0 amide bonds. The molecule has 2 nitrogen and oxygen atoms in total. The van der Waals surface area contributed by atoms with Crippen molar-refractivity contribution in [1.29, 1.82) is 5.26 Å². The third-order valence-electron chi connectivity index (χ3n) is 4.16. The zero-order valence-corrected chi connectivity index (χ0v) is 12.7. The van der Waals surface area contributed by atoms with Gasteiger partial charge in [-0.2, -0.15) is 5.26 Å². The largest absolute Gasteiger partial charge is 0.387 e. The van der Waals surface area contributed by atoms with Crippen molar-refractivity contribution in [3.8, 4) is 6.07 Å². The molecule has 1 aliphatic rings. The Balaban J connectivity index is 2.26. The molecule has 1 unspecified atom stereocenters. The highest BCUT2D eigenvalue weighted by Gasteiger charge is 2.38. The summed E-state index contributed by atoms with van der Waals surface area (Å²) in [6.07, 6.45) is 6.61. The van der Waals surface area contributed by atoms with E-state index in [2.05, 4.69) is 22.0 Å². The van der Waals surface area contributed by atoms with Crippen molar-refractivity contribution in [3.05, 3.63) is 34.3 Å². The fraction of sp³-hybridized carbons (Fsp3) is 0.562. The lowest BCUT2D eigenvalue weighted by Gasteiger charge is -2.33. The van der Waals surface area contributed by atoms with Crippen LogP contribution in [0.25, 0.3) is 0 Å². The molecule has 1 atom stereocenters. The average molecular weight is 322 g/mol. The second-order valence-electron chi connectivity index (χ2n) is 5.49. The van der Waals surface area contributed by atoms with Gasteiger partial charge in [-0.3, -0.25) is 0 Å². The first kappa shape index (κ1) is 14.6. The molecule has 0 spiro atoms. The van der Waals surface area contributed by atoms with Crippen LogP contribution in [0.1, 0.15) is 56.6 Å². The first-order valence-corrected chi connectivity index (χ1v) is 7.82. The van der Waals surface area contributed by atoms with Gasteiger partial charge >= 0.3 is 0 Å². The van der Waals surface area contributed by atoms with Crippen LogP contribution >= 0.6 is 15.9 Å². The predicted octanol–water partition coefficient (Wildman–Crippen LogP) is 4.74. The summed E-state index contributed by atoms with van der Waals surface area (Å²) < 4.78 is 0.947. The minimum absolute atomic E-state index is 0.610. The van der Waals surface area contributed by atoms with Crippen LogP contribution in [0, 0.1) is 16.7 Å². The molecule has 1 saturated carbocycles. The number of benzene rings is 1. The molecule has 0 aliphatic heterocycles. The number of rotatable bonds is 2. The molecule has 19 heavy (non-hydrogen) atoms. The van der Waals surface area contributed by atoms with E-state index in [4.69, 9.17) is 0 Å². The van der Waals surface area contributed by atoms with E-state index in [1.54, 1.807) is 0 Å². The number of aliphatic hydroxyl groups is 1. The molecule has 0 aromatic heterocycles. The standard InChI is InChI=1S/C16H20BrNO/c17-14-8-6-7-13(11-14)15(19)16(12-18)9-4-2-1-3-5-10-16/h6-8,11,15,19H,1-5,9-10H2. The Labute approximate surface area is 123 Å². The predicted molar refractivity (Wildman–Crippen MR) is 79.5 cm³/mol. The van der Waals surface area contributed by atoms with Crippen molar-refractivity contribution in [3.63, 3.8) is 0 Å². The van der Waals surface area contributed by atoms with Crippen LogP contribution in [-0.4, -0.2) is 5.11 Å². The molecule has 0 radical (unpaired) electrons. The zero-order valence-electron chi connectivity index (χ0n) is 11.1. The minimum Gasteiger partial charge on any atom is -0.387 e. The fourth-order valence-electron chi connectivity index (χ4n) is 2.98. The monoisotopic (exact) mass is 321 g/mol. The molecule has 1 aromatic rings. The highest BCUT2D eigenvalue weighted by Crippen LogP contribution is 2.44. The molecule has 102 valence electrons. The molecule has 1 N–H and O–H groups in total. The van der Waals surface area contributed by atoms with E-state index in [1.807, 2.05) is 24.3 Å². The highest BCUT2D eigenvalue weighted by molar-refractivity contribution is 9.10. The third kappa shape index (κ3) is 3.38. The van der Waals surface area contributed by atoms with Gasteiger partial charge in [0.1, 0.15) is 0 Å². The molecule has 2 rings (SSSR count). The Kier molecular flexibility index (Phi) is 5.01. The summed E-state index contributed by atoms with van der Waals surface area (Å²) in [5, 5.41) is 20.3. The quantitative estimate of drug-likeness (QED) is 0.855. The molecule has 0 saturated heterocycles. The van der Waals surface area contributed by atoms with Gasteiger partial charge in [0.2, 0.25) is 0 Å². The summed E-state index contributed by atoms with van der Waals surface area (Å²) in [5.74, 6) is 0. The van der Waals surface area contributed by atoms with Crippen LogP contribution in [0.2, 0.25) is 0 Å². The lowest BCUT2D eigenvalue weighted by Crippen LogP contribution is -2.28. The number of nitriles is 1. The fourth-order valence-corrected chi connectivity index (χ4v) is 3.40. The Hall–Kier alpha value is -0.850. The van der Waals surface area contributed by atoms with Crippen LogP contribution in [0.4, 0.5) is 0 Å². The van der Waals surface area contributed by atoms with Crippen molar-refractivity contribution >= 4 is 15.9 Å². The van der Waals surface area contributed by atoms with Gasteiger partial charge in [0, 0.05) is 4.47 Å². The lowest BCUT2D eigenvalue weighted by atomic mass is 9.71. The number of hydrogen-bond acceptors (Lipinski definition) is 2. The second kappa shape index (κ2) is 6.54. The van der Waals surface area contributed by atoms with Gasteiger partial charge in [-0.05, 0) is 30.5 Å². The molecule has 0 heterocycles. The van der Waals surface area contributed by atoms with Crippen LogP contribution in [0.5, 0.6) is 0 Å². The first-order chi connectivity index (χ1) is 9.18. The normalized spacial score (nSPS) is 20.9. The number of hydrogen-bond donors (Lipinski definition) is 1. The Morgan fingerprint density at radius 3 is 2.37 bits per heavy atom. The van der Waals surface area contributed by atoms with Gasteiger partial charge in [-0.15, -0.1) is 0 Å². The van der Waals surface area contributed by atoms with Gasteiger partial charge in [-0.25, -0.2) is 0 Å². The molecule has 1 aliphatic carbocycles. The van der Waals surface area contributed by atoms with Crippen LogP contribution in [0.3, 0.4) is 0 Å². The van der Waals surface area contributed by atoms with Crippen molar-refractivity contribution in [2.24, 2.45) is 5.41 Å². The Morgan fingerprint density at radius 1 is 1.16 bits per heavy atom. The summed E-state index contributed by atoms with van der Waals surface area (Å²) in [6.45, 7) is 0. The third-order valence-corrected chi connectivity index (χ3v) is 4.65. The smallest absolute Gasteiger partial charge is 0.0976 e. The second-order valence-corrected chi connectivity index (χ2v) is 6.41. The summed E-state index contributed by atoms with van der Waals surface area (Å²) >= 11 is 3.43. The van der Waals surface area contributed by atoms with Crippen molar-refractivity contribution in [1.82, 2.24) is 0 Å². The number of halogens is 1. The van der Waals surface area contributed by atoms with Crippen molar-refractivity contribution in [2.45, 2.75) is 51.0 Å². The SMILES string of the molecule is N#CC1(C(O)c2cccc(Br)c2)CCCCCCC1. The molecular formula is C16H20BrNO. The zero-order chi connectivity index (χ0) is 13.7. The van der Waals surface area contributed by atoms with Gasteiger partial charge in [-0.1, -0.05) is 60.2 Å².